The Morgan fingerprint density at radius 3 is 2.31 bits per heavy atom. The fourth-order valence-electron chi connectivity index (χ4n) is 1.24. The van der Waals surface area contributed by atoms with Gasteiger partial charge in [-0.2, -0.15) is 0 Å². The molecule has 16 heavy (non-hydrogen) atoms. The number of rotatable bonds is 6. The standard InChI is InChI=1S/C11H23N3O2/c1-7(2)5-6-8(3)13-11(15)9(4)10(12)14-16/h7-9,16H,5-6H2,1-4H3,(H2,12,14)(H,13,15). The van der Waals surface area contributed by atoms with Crippen LogP contribution in [0.4, 0.5) is 0 Å². The molecule has 1 amide bonds. The van der Waals surface area contributed by atoms with E-state index in [0.29, 0.717) is 5.92 Å². The van der Waals surface area contributed by atoms with Crippen LogP contribution in [-0.2, 0) is 4.79 Å². The first-order chi connectivity index (χ1) is 7.38. The maximum atomic E-state index is 11.6. The van der Waals surface area contributed by atoms with Gasteiger partial charge in [-0.05, 0) is 32.6 Å². The van der Waals surface area contributed by atoms with Crippen molar-refractivity contribution in [1.29, 1.82) is 0 Å². The molecule has 0 spiro atoms. The monoisotopic (exact) mass is 229 g/mol. The summed E-state index contributed by atoms with van der Waals surface area (Å²) in [6.07, 6.45) is 2.01. The van der Waals surface area contributed by atoms with Gasteiger partial charge in [-0.1, -0.05) is 19.0 Å². The van der Waals surface area contributed by atoms with Gasteiger partial charge in [0.1, 0.15) is 0 Å². The Balaban J connectivity index is 4.04. The van der Waals surface area contributed by atoms with Gasteiger partial charge in [0.25, 0.3) is 0 Å². The summed E-state index contributed by atoms with van der Waals surface area (Å²) in [6, 6.07) is 0.115. The molecule has 0 aliphatic rings. The average molecular weight is 229 g/mol. The Bertz CT molecular complexity index is 252. The van der Waals surface area contributed by atoms with Crippen LogP contribution in [0.25, 0.3) is 0 Å². The minimum atomic E-state index is -0.591. The van der Waals surface area contributed by atoms with Gasteiger partial charge in [0.05, 0.1) is 5.92 Å². The number of amides is 1. The lowest BCUT2D eigenvalue weighted by Gasteiger charge is -2.17. The lowest BCUT2D eigenvalue weighted by Crippen LogP contribution is -2.41. The molecule has 2 unspecified atom stereocenters. The van der Waals surface area contributed by atoms with Crippen molar-refractivity contribution in [3.05, 3.63) is 0 Å². The van der Waals surface area contributed by atoms with Crippen molar-refractivity contribution in [2.24, 2.45) is 22.7 Å². The van der Waals surface area contributed by atoms with Crippen molar-refractivity contribution in [3.8, 4) is 0 Å². The largest absolute Gasteiger partial charge is 0.409 e. The molecule has 4 N–H and O–H groups in total. The van der Waals surface area contributed by atoms with E-state index in [9.17, 15) is 4.79 Å². The minimum absolute atomic E-state index is 0.0615. The molecule has 0 aromatic heterocycles. The molecule has 0 heterocycles. The fourth-order valence-corrected chi connectivity index (χ4v) is 1.24. The average Bonchev–Trinajstić information content (AvgIpc) is 2.24. The van der Waals surface area contributed by atoms with Crippen molar-refractivity contribution in [2.75, 3.05) is 0 Å². The Hall–Kier alpha value is -1.26. The fraction of sp³-hybridized carbons (Fsp3) is 0.818. The predicted molar refractivity (Wildman–Crippen MR) is 64.2 cm³/mol. The van der Waals surface area contributed by atoms with E-state index in [4.69, 9.17) is 10.9 Å². The number of carbonyl (C=O) groups is 1. The Morgan fingerprint density at radius 2 is 1.88 bits per heavy atom. The zero-order valence-corrected chi connectivity index (χ0v) is 10.5. The number of hydrogen-bond donors (Lipinski definition) is 3. The molecule has 0 fully saturated rings. The van der Waals surface area contributed by atoms with Crippen molar-refractivity contribution in [1.82, 2.24) is 5.32 Å². The maximum absolute atomic E-state index is 11.6. The normalized spacial score (nSPS) is 15.9. The molecule has 0 aliphatic carbocycles. The molecule has 0 radical (unpaired) electrons. The van der Waals surface area contributed by atoms with E-state index in [2.05, 4.69) is 24.3 Å². The highest BCUT2D eigenvalue weighted by Gasteiger charge is 2.19. The lowest BCUT2D eigenvalue weighted by atomic mass is 10.0. The van der Waals surface area contributed by atoms with E-state index in [1.165, 1.54) is 0 Å². The SMILES string of the molecule is CC(C)CCC(C)NC(=O)C(C)C(N)=NO. The van der Waals surface area contributed by atoms with Gasteiger partial charge in [-0.15, -0.1) is 0 Å². The van der Waals surface area contributed by atoms with E-state index in [0.717, 1.165) is 12.8 Å². The molecule has 0 aliphatic heterocycles. The predicted octanol–water partition coefficient (Wildman–Crippen LogP) is 1.31. The molecule has 0 rings (SSSR count). The van der Waals surface area contributed by atoms with E-state index in [1.807, 2.05) is 6.92 Å². The summed E-state index contributed by atoms with van der Waals surface area (Å²) < 4.78 is 0. The number of amidine groups is 1. The summed E-state index contributed by atoms with van der Waals surface area (Å²) in [5, 5.41) is 14.1. The second-order valence-electron chi connectivity index (χ2n) is 4.63. The first-order valence-corrected chi connectivity index (χ1v) is 5.66. The first kappa shape index (κ1) is 14.7. The highest BCUT2D eigenvalue weighted by Crippen LogP contribution is 2.07. The van der Waals surface area contributed by atoms with Gasteiger partial charge in [0, 0.05) is 6.04 Å². The van der Waals surface area contributed by atoms with E-state index < -0.39 is 5.92 Å². The quantitative estimate of drug-likeness (QED) is 0.278. The number of hydrogen-bond acceptors (Lipinski definition) is 3. The molecule has 94 valence electrons. The van der Waals surface area contributed by atoms with Crippen LogP contribution in [0.15, 0.2) is 5.16 Å². The van der Waals surface area contributed by atoms with Crippen molar-refractivity contribution < 1.29 is 10.0 Å². The Morgan fingerprint density at radius 1 is 1.31 bits per heavy atom. The summed E-state index contributed by atoms with van der Waals surface area (Å²) in [6.45, 7) is 7.86. The molecular weight excluding hydrogens is 206 g/mol. The van der Waals surface area contributed by atoms with Crippen molar-refractivity contribution >= 4 is 11.7 Å². The molecule has 5 nitrogen and oxygen atoms in total. The molecule has 0 aromatic carbocycles. The number of nitrogens with zero attached hydrogens (tertiary/aromatic N) is 1. The molecule has 5 heteroatoms. The third-order valence-electron chi connectivity index (χ3n) is 2.52. The highest BCUT2D eigenvalue weighted by atomic mass is 16.4. The zero-order valence-electron chi connectivity index (χ0n) is 10.5. The zero-order chi connectivity index (χ0) is 12.7. The molecule has 0 saturated heterocycles. The summed E-state index contributed by atoms with van der Waals surface area (Å²) in [5.74, 6) is -0.229. The van der Waals surface area contributed by atoms with Crippen molar-refractivity contribution in [2.45, 2.75) is 46.6 Å². The minimum Gasteiger partial charge on any atom is -0.409 e. The van der Waals surface area contributed by atoms with Gasteiger partial charge < -0.3 is 16.3 Å². The van der Waals surface area contributed by atoms with Crippen LogP contribution in [0.2, 0.25) is 0 Å². The van der Waals surface area contributed by atoms with Crippen LogP contribution in [-0.4, -0.2) is 23.0 Å². The number of nitrogens with one attached hydrogen (secondary N) is 1. The first-order valence-electron chi connectivity index (χ1n) is 5.66. The van der Waals surface area contributed by atoms with E-state index in [-0.39, 0.29) is 17.8 Å². The van der Waals surface area contributed by atoms with E-state index >= 15 is 0 Å². The van der Waals surface area contributed by atoms with Gasteiger partial charge in [-0.3, -0.25) is 4.79 Å². The van der Waals surface area contributed by atoms with Gasteiger partial charge >= 0.3 is 0 Å². The molecule has 0 bridgehead atoms. The second kappa shape index (κ2) is 7.09. The van der Waals surface area contributed by atoms with Gasteiger partial charge in [-0.25, -0.2) is 0 Å². The number of nitrogens with two attached hydrogens (primary N) is 1. The van der Waals surface area contributed by atoms with Crippen LogP contribution in [0.3, 0.4) is 0 Å². The molecular formula is C11H23N3O2. The number of carbonyl (C=O) groups excluding carboxylic acids is 1. The lowest BCUT2D eigenvalue weighted by molar-refractivity contribution is -0.123. The third kappa shape index (κ3) is 5.58. The topological polar surface area (TPSA) is 87.7 Å². The summed E-state index contributed by atoms with van der Waals surface area (Å²) in [4.78, 5) is 11.6. The second-order valence-corrected chi connectivity index (χ2v) is 4.63. The molecule has 2 atom stereocenters. The summed E-state index contributed by atoms with van der Waals surface area (Å²) >= 11 is 0. The summed E-state index contributed by atoms with van der Waals surface area (Å²) in [7, 11) is 0. The smallest absolute Gasteiger partial charge is 0.230 e. The third-order valence-corrected chi connectivity index (χ3v) is 2.52. The Labute approximate surface area is 97.1 Å². The van der Waals surface area contributed by atoms with Crippen LogP contribution >= 0.6 is 0 Å². The van der Waals surface area contributed by atoms with E-state index in [1.54, 1.807) is 6.92 Å². The molecule has 0 saturated carbocycles. The molecule has 0 aromatic rings. The maximum Gasteiger partial charge on any atom is 0.230 e. The number of oxime groups is 1. The van der Waals surface area contributed by atoms with Crippen LogP contribution in [0.5, 0.6) is 0 Å². The van der Waals surface area contributed by atoms with Gasteiger partial charge in [0.2, 0.25) is 5.91 Å². The highest BCUT2D eigenvalue weighted by molar-refractivity contribution is 6.01. The summed E-state index contributed by atoms with van der Waals surface area (Å²) in [5.41, 5.74) is 5.35. The van der Waals surface area contributed by atoms with Crippen LogP contribution in [0.1, 0.15) is 40.5 Å². The van der Waals surface area contributed by atoms with Gasteiger partial charge in [0.15, 0.2) is 5.84 Å². The van der Waals surface area contributed by atoms with Crippen LogP contribution < -0.4 is 11.1 Å². The van der Waals surface area contributed by atoms with Crippen molar-refractivity contribution in [3.63, 3.8) is 0 Å². The Kier molecular flexibility index (Phi) is 6.53. The van der Waals surface area contributed by atoms with Crippen LogP contribution in [0, 0.1) is 11.8 Å².